The molecule has 19 heavy (non-hydrogen) atoms. The van der Waals surface area contributed by atoms with Gasteiger partial charge >= 0.3 is 0 Å². The lowest BCUT2D eigenvalue weighted by molar-refractivity contribution is -0.127. The van der Waals surface area contributed by atoms with E-state index in [1.165, 1.54) is 5.56 Å². The molecule has 0 spiro atoms. The van der Waals surface area contributed by atoms with Crippen molar-refractivity contribution in [3.05, 3.63) is 35.9 Å². The maximum absolute atomic E-state index is 12.4. The topological polar surface area (TPSA) is 20.3 Å². The Morgan fingerprint density at radius 1 is 1.11 bits per heavy atom. The Balaban J connectivity index is 2.26. The van der Waals surface area contributed by atoms with Gasteiger partial charge in [0.15, 0.2) is 5.78 Å². The molecule has 1 aromatic carbocycles. The second kappa shape index (κ2) is 5.87. The van der Waals surface area contributed by atoms with Gasteiger partial charge in [0.25, 0.3) is 0 Å². The van der Waals surface area contributed by atoms with E-state index in [2.05, 4.69) is 49.1 Å². The van der Waals surface area contributed by atoms with Crippen molar-refractivity contribution in [2.45, 2.75) is 58.7 Å². The fraction of sp³-hybridized carbons (Fsp3) is 0.588. The summed E-state index contributed by atoms with van der Waals surface area (Å²) in [6.07, 6.45) is 2.08. The average molecular weight is 259 g/mol. The van der Waals surface area contributed by atoms with Gasteiger partial charge in [-0.05, 0) is 32.3 Å². The largest absolute Gasteiger partial charge is 0.298 e. The minimum Gasteiger partial charge on any atom is -0.298 e. The highest BCUT2D eigenvalue weighted by Crippen LogP contribution is 2.38. The normalized spacial score (nSPS) is 24.3. The molecule has 1 aliphatic rings. The summed E-state index contributed by atoms with van der Waals surface area (Å²) in [6.45, 7) is 8.41. The molecular weight excluding hydrogens is 234 g/mol. The van der Waals surface area contributed by atoms with E-state index >= 15 is 0 Å². The molecule has 1 unspecified atom stereocenters. The number of hydrogen-bond acceptors (Lipinski definition) is 2. The van der Waals surface area contributed by atoms with Crippen molar-refractivity contribution < 1.29 is 4.79 Å². The van der Waals surface area contributed by atoms with Crippen LogP contribution in [-0.2, 0) is 4.79 Å². The molecule has 0 bridgehead atoms. The van der Waals surface area contributed by atoms with Crippen LogP contribution in [0, 0.1) is 5.92 Å². The van der Waals surface area contributed by atoms with Crippen LogP contribution in [0.1, 0.15) is 52.1 Å². The third kappa shape index (κ3) is 2.89. The Morgan fingerprint density at radius 3 is 2.26 bits per heavy atom. The van der Waals surface area contributed by atoms with Gasteiger partial charge in [0.05, 0.1) is 6.04 Å². The molecule has 1 heterocycles. The highest BCUT2D eigenvalue weighted by molar-refractivity contribution is 5.86. The Hall–Kier alpha value is -1.15. The van der Waals surface area contributed by atoms with Crippen LogP contribution in [0.4, 0.5) is 0 Å². The van der Waals surface area contributed by atoms with Gasteiger partial charge < -0.3 is 0 Å². The van der Waals surface area contributed by atoms with Gasteiger partial charge in [0, 0.05) is 18.0 Å². The number of nitrogens with zero attached hydrogens (tertiary/aromatic N) is 1. The molecule has 2 nitrogen and oxygen atoms in total. The third-order valence-electron chi connectivity index (χ3n) is 4.11. The van der Waals surface area contributed by atoms with Crippen LogP contribution < -0.4 is 0 Å². The van der Waals surface area contributed by atoms with Crippen molar-refractivity contribution in [3.8, 4) is 0 Å². The predicted octanol–water partition coefficient (Wildman–Crippen LogP) is 3.83. The zero-order valence-electron chi connectivity index (χ0n) is 12.5. The van der Waals surface area contributed by atoms with Crippen molar-refractivity contribution in [2.24, 2.45) is 5.92 Å². The molecule has 0 N–H and O–H groups in total. The van der Waals surface area contributed by atoms with E-state index in [-0.39, 0.29) is 12.0 Å². The number of rotatable bonds is 4. The molecule has 0 saturated carbocycles. The molecule has 2 rings (SSSR count). The average Bonchev–Trinajstić information content (AvgIpc) is 2.83. The van der Waals surface area contributed by atoms with Crippen LogP contribution in [0.15, 0.2) is 30.3 Å². The number of ketones is 1. The molecule has 0 aromatic heterocycles. The second-order valence-corrected chi connectivity index (χ2v) is 6.12. The lowest BCUT2D eigenvalue weighted by Crippen LogP contribution is -2.43. The Morgan fingerprint density at radius 2 is 1.74 bits per heavy atom. The minimum atomic E-state index is 0.102. The summed E-state index contributed by atoms with van der Waals surface area (Å²) in [5.41, 5.74) is 1.34. The first kappa shape index (κ1) is 14.3. The fourth-order valence-electron chi connectivity index (χ4n) is 3.24. The van der Waals surface area contributed by atoms with E-state index in [1.54, 1.807) is 0 Å². The van der Waals surface area contributed by atoms with Gasteiger partial charge in [0.2, 0.25) is 0 Å². The zero-order valence-corrected chi connectivity index (χ0v) is 12.5. The molecule has 2 atom stereocenters. The molecule has 1 fully saturated rings. The van der Waals surface area contributed by atoms with Crippen LogP contribution in [0.2, 0.25) is 0 Å². The van der Waals surface area contributed by atoms with Crippen molar-refractivity contribution in [1.29, 1.82) is 0 Å². The summed E-state index contributed by atoms with van der Waals surface area (Å²) in [7, 11) is 0. The van der Waals surface area contributed by atoms with Crippen LogP contribution in [0.3, 0.4) is 0 Å². The zero-order chi connectivity index (χ0) is 14.0. The van der Waals surface area contributed by atoms with Gasteiger partial charge in [0.1, 0.15) is 0 Å². The third-order valence-corrected chi connectivity index (χ3v) is 4.11. The second-order valence-electron chi connectivity index (χ2n) is 6.12. The molecule has 1 saturated heterocycles. The lowest BCUT2D eigenvalue weighted by Gasteiger charge is -2.34. The quantitative estimate of drug-likeness (QED) is 0.819. The first-order valence-electron chi connectivity index (χ1n) is 7.38. The smallest absolute Gasteiger partial charge is 0.152 e. The van der Waals surface area contributed by atoms with Crippen molar-refractivity contribution in [1.82, 2.24) is 4.90 Å². The lowest BCUT2D eigenvalue weighted by atomic mass is 9.99. The van der Waals surface area contributed by atoms with Gasteiger partial charge in [-0.25, -0.2) is 0 Å². The van der Waals surface area contributed by atoms with Crippen LogP contribution in [0.5, 0.6) is 0 Å². The van der Waals surface area contributed by atoms with E-state index in [9.17, 15) is 4.79 Å². The van der Waals surface area contributed by atoms with Gasteiger partial charge in [-0.1, -0.05) is 44.2 Å². The Bertz CT molecular complexity index is 424. The van der Waals surface area contributed by atoms with E-state index in [0.29, 0.717) is 17.9 Å². The molecular formula is C17H25NO. The molecule has 2 heteroatoms. The number of carbonyl (C=O) groups is 1. The minimum absolute atomic E-state index is 0.102. The maximum Gasteiger partial charge on any atom is 0.152 e. The van der Waals surface area contributed by atoms with Crippen molar-refractivity contribution in [2.75, 3.05) is 0 Å². The number of hydrogen-bond donors (Lipinski definition) is 0. The molecule has 1 aliphatic heterocycles. The monoisotopic (exact) mass is 259 g/mol. The molecule has 104 valence electrons. The van der Waals surface area contributed by atoms with E-state index in [4.69, 9.17) is 0 Å². The highest BCUT2D eigenvalue weighted by Gasteiger charge is 2.40. The number of benzene rings is 1. The van der Waals surface area contributed by atoms with Gasteiger partial charge in [-0.2, -0.15) is 0 Å². The molecule has 1 aromatic rings. The summed E-state index contributed by atoms with van der Waals surface area (Å²) in [5, 5.41) is 0. The first-order valence-corrected chi connectivity index (χ1v) is 7.38. The Kier molecular flexibility index (Phi) is 4.41. The van der Waals surface area contributed by atoms with Crippen molar-refractivity contribution in [3.63, 3.8) is 0 Å². The van der Waals surface area contributed by atoms with E-state index in [0.717, 1.165) is 12.8 Å². The SMILES string of the molecule is CC(C)C(=O)[C@@H]1CCC(c2ccccc2)N1C(C)C. The summed E-state index contributed by atoms with van der Waals surface area (Å²) >= 11 is 0. The molecule has 0 aliphatic carbocycles. The summed E-state index contributed by atoms with van der Waals surface area (Å²) in [5.74, 6) is 0.521. The molecule has 0 radical (unpaired) electrons. The Labute approximate surface area is 116 Å². The maximum atomic E-state index is 12.4. The molecule has 0 amide bonds. The first-order chi connectivity index (χ1) is 9.02. The summed E-state index contributed by atoms with van der Waals surface area (Å²) in [4.78, 5) is 14.8. The predicted molar refractivity (Wildman–Crippen MR) is 79.0 cm³/mol. The number of Topliss-reactive ketones (excluding diaryl/α,β-unsaturated/α-hetero) is 1. The van der Waals surface area contributed by atoms with Crippen molar-refractivity contribution >= 4 is 5.78 Å². The number of carbonyl (C=O) groups excluding carboxylic acids is 1. The van der Waals surface area contributed by atoms with Crippen LogP contribution >= 0.6 is 0 Å². The highest BCUT2D eigenvalue weighted by atomic mass is 16.1. The van der Waals surface area contributed by atoms with Crippen LogP contribution in [0.25, 0.3) is 0 Å². The summed E-state index contributed by atoms with van der Waals surface area (Å²) in [6, 6.07) is 11.5. The standard InChI is InChI=1S/C17H25NO/c1-12(2)17(19)16-11-10-15(18(16)13(3)4)14-8-6-5-7-9-14/h5-9,12-13,15-16H,10-11H2,1-4H3/t15?,16-/m0/s1. The van der Waals surface area contributed by atoms with E-state index < -0.39 is 0 Å². The van der Waals surface area contributed by atoms with E-state index in [1.807, 2.05) is 13.8 Å². The van der Waals surface area contributed by atoms with Gasteiger partial charge in [-0.3, -0.25) is 9.69 Å². The fourth-order valence-corrected chi connectivity index (χ4v) is 3.24. The summed E-state index contributed by atoms with van der Waals surface area (Å²) < 4.78 is 0. The van der Waals surface area contributed by atoms with Crippen LogP contribution in [-0.4, -0.2) is 22.8 Å². The number of likely N-dealkylation sites (tertiary alicyclic amines) is 1. The van der Waals surface area contributed by atoms with Gasteiger partial charge in [-0.15, -0.1) is 0 Å².